The molecule has 0 bridgehead atoms. The molecular formula is C12H17BrN2O2. The summed E-state index contributed by atoms with van der Waals surface area (Å²) >= 11 is 3.37. The molecule has 0 aliphatic rings. The highest BCUT2D eigenvalue weighted by Crippen LogP contribution is 2.20. The van der Waals surface area contributed by atoms with Crippen molar-refractivity contribution >= 4 is 27.5 Å². The van der Waals surface area contributed by atoms with Crippen molar-refractivity contribution in [2.24, 2.45) is 0 Å². The molecule has 0 saturated heterocycles. The Morgan fingerprint density at radius 1 is 1.47 bits per heavy atom. The van der Waals surface area contributed by atoms with E-state index in [4.69, 9.17) is 5.11 Å². The number of rotatable bonds is 6. The lowest BCUT2D eigenvalue weighted by atomic mass is 10.3. The molecule has 0 fully saturated rings. The van der Waals surface area contributed by atoms with Crippen LogP contribution in [0.3, 0.4) is 0 Å². The van der Waals surface area contributed by atoms with Gasteiger partial charge < -0.3 is 10.4 Å². The molecule has 0 unspecified atom stereocenters. The van der Waals surface area contributed by atoms with Crippen LogP contribution in [-0.4, -0.2) is 42.2 Å². The van der Waals surface area contributed by atoms with E-state index >= 15 is 0 Å². The van der Waals surface area contributed by atoms with Crippen LogP contribution in [-0.2, 0) is 4.79 Å². The lowest BCUT2D eigenvalue weighted by Crippen LogP contribution is -2.35. The van der Waals surface area contributed by atoms with E-state index < -0.39 is 0 Å². The van der Waals surface area contributed by atoms with Gasteiger partial charge in [-0.05, 0) is 34.6 Å². The number of benzene rings is 1. The van der Waals surface area contributed by atoms with Crippen LogP contribution >= 0.6 is 15.9 Å². The SMILES string of the molecule is CCN(CCO)CC(=O)Nc1ccccc1Br. The number of nitrogens with zero attached hydrogens (tertiary/aromatic N) is 1. The highest BCUT2D eigenvalue weighted by molar-refractivity contribution is 9.10. The van der Waals surface area contributed by atoms with Crippen LogP contribution in [0.4, 0.5) is 5.69 Å². The number of para-hydroxylation sites is 1. The lowest BCUT2D eigenvalue weighted by Gasteiger charge is -2.18. The monoisotopic (exact) mass is 300 g/mol. The van der Waals surface area contributed by atoms with Crippen molar-refractivity contribution in [1.82, 2.24) is 4.90 Å². The minimum absolute atomic E-state index is 0.0656. The van der Waals surface area contributed by atoms with Crippen molar-refractivity contribution < 1.29 is 9.90 Å². The lowest BCUT2D eigenvalue weighted by molar-refractivity contribution is -0.117. The maximum atomic E-state index is 11.8. The molecule has 0 aliphatic carbocycles. The molecule has 0 aromatic heterocycles. The topological polar surface area (TPSA) is 52.6 Å². The molecule has 1 amide bonds. The molecule has 4 nitrogen and oxygen atoms in total. The van der Waals surface area contributed by atoms with E-state index in [0.717, 1.165) is 16.7 Å². The average molecular weight is 301 g/mol. The van der Waals surface area contributed by atoms with Crippen molar-refractivity contribution in [3.8, 4) is 0 Å². The molecule has 0 saturated carbocycles. The zero-order valence-corrected chi connectivity index (χ0v) is 11.4. The molecule has 1 aromatic rings. The number of hydrogen-bond donors (Lipinski definition) is 2. The summed E-state index contributed by atoms with van der Waals surface area (Å²) in [4.78, 5) is 13.6. The number of carbonyl (C=O) groups excluding carboxylic acids is 1. The summed E-state index contributed by atoms with van der Waals surface area (Å²) in [6, 6.07) is 7.47. The Kier molecular flexibility index (Phi) is 6.18. The summed E-state index contributed by atoms with van der Waals surface area (Å²) in [6.45, 7) is 3.57. The smallest absolute Gasteiger partial charge is 0.238 e. The molecule has 0 atom stereocenters. The first-order valence-electron chi connectivity index (χ1n) is 5.55. The van der Waals surface area contributed by atoms with Gasteiger partial charge in [0.05, 0.1) is 18.8 Å². The highest BCUT2D eigenvalue weighted by atomic mass is 79.9. The zero-order valence-electron chi connectivity index (χ0n) is 9.82. The maximum Gasteiger partial charge on any atom is 0.238 e. The summed E-state index contributed by atoms with van der Waals surface area (Å²) in [7, 11) is 0. The molecule has 1 rings (SSSR count). The third-order valence-corrected chi connectivity index (χ3v) is 3.07. The van der Waals surface area contributed by atoms with Crippen LogP contribution in [0.15, 0.2) is 28.7 Å². The first-order chi connectivity index (χ1) is 8.17. The van der Waals surface area contributed by atoms with Gasteiger partial charge in [-0.2, -0.15) is 0 Å². The van der Waals surface area contributed by atoms with E-state index in [1.54, 1.807) is 0 Å². The number of likely N-dealkylation sites (N-methyl/N-ethyl adjacent to an activating group) is 1. The largest absolute Gasteiger partial charge is 0.395 e. The maximum absolute atomic E-state index is 11.8. The zero-order chi connectivity index (χ0) is 12.7. The highest BCUT2D eigenvalue weighted by Gasteiger charge is 2.09. The van der Waals surface area contributed by atoms with Gasteiger partial charge in [0.1, 0.15) is 0 Å². The van der Waals surface area contributed by atoms with Crippen LogP contribution in [0.25, 0.3) is 0 Å². The van der Waals surface area contributed by atoms with Gasteiger partial charge in [-0.25, -0.2) is 0 Å². The van der Waals surface area contributed by atoms with Crippen LogP contribution in [0.5, 0.6) is 0 Å². The van der Waals surface area contributed by atoms with Gasteiger partial charge in [-0.1, -0.05) is 19.1 Å². The quantitative estimate of drug-likeness (QED) is 0.841. The standard InChI is InChI=1S/C12H17BrN2O2/c1-2-15(7-8-16)9-12(17)14-11-6-4-3-5-10(11)13/h3-6,16H,2,7-9H2,1H3,(H,14,17). The van der Waals surface area contributed by atoms with Gasteiger partial charge in [-0.3, -0.25) is 9.69 Å². The van der Waals surface area contributed by atoms with Crippen molar-refractivity contribution in [2.45, 2.75) is 6.92 Å². The molecule has 5 heteroatoms. The summed E-state index contributed by atoms with van der Waals surface area (Å²) in [5.74, 6) is -0.0767. The Hall–Kier alpha value is -0.910. The van der Waals surface area contributed by atoms with Crippen molar-refractivity contribution in [2.75, 3.05) is 31.6 Å². The fourth-order valence-electron chi connectivity index (χ4n) is 1.45. The molecule has 1 aromatic carbocycles. The van der Waals surface area contributed by atoms with Crippen molar-refractivity contribution in [3.63, 3.8) is 0 Å². The number of aliphatic hydroxyl groups excluding tert-OH is 1. The van der Waals surface area contributed by atoms with Gasteiger partial charge in [-0.15, -0.1) is 0 Å². The van der Waals surface area contributed by atoms with Crippen LogP contribution in [0.2, 0.25) is 0 Å². The summed E-state index contributed by atoms with van der Waals surface area (Å²) in [5, 5.41) is 11.7. The summed E-state index contributed by atoms with van der Waals surface area (Å²) in [5.41, 5.74) is 0.762. The second-order valence-electron chi connectivity index (χ2n) is 3.62. The van der Waals surface area contributed by atoms with E-state index in [2.05, 4.69) is 21.2 Å². The Bertz CT molecular complexity index is 371. The van der Waals surface area contributed by atoms with Crippen molar-refractivity contribution in [3.05, 3.63) is 28.7 Å². The fraction of sp³-hybridized carbons (Fsp3) is 0.417. The van der Waals surface area contributed by atoms with E-state index in [-0.39, 0.29) is 12.5 Å². The van der Waals surface area contributed by atoms with E-state index in [9.17, 15) is 4.79 Å². The number of amides is 1. The van der Waals surface area contributed by atoms with Gasteiger partial charge in [0.25, 0.3) is 0 Å². The normalized spacial score (nSPS) is 10.6. The molecule has 0 radical (unpaired) electrons. The van der Waals surface area contributed by atoms with Crippen LogP contribution < -0.4 is 5.32 Å². The third-order valence-electron chi connectivity index (χ3n) is 2.38. The Morgan fingerprint density at radius 3 is 2.76 bits per heavy atom. The number of aliphatic hydroxyl groups is 1. The second-order valence-corrected chi connectivity index (χ2v) is 4.47. The first kappa shape index (κ1) is 14.2. The minimum atomic E-state index is -0.0767. The minimum Gasteiger partial charge on any atom is -0.395 e. The summed E-state index contributed by atoms with van der Waals surface area (Å²) in [6.07, 6.45) is 0. The van der Waals surface area contributed by atoms with Gasteiger partial charge in [0.15, 0.2) is 0 Å². The second kappa shape index (κ2) is 7.42. The Morgan fingerprint density at radius 2 is 2.18 bits per heavy atom. The summed E-state index contributed by atoms with van der Waals surface area (Å²) < 4.78 is 0.860. The van der Waals surface area contributed by atoms with E-state index in [1.807, 2.05) is 36.1 Å². The number of halogens is 1. The molecule has 17 heavy (non-hydrogen) atoms. The molecule has 2 N–H and O–H groups in total. The third kappa shape index (κ3) is 4.85. The van der Waals surface area contributed by atoms with Gasteiger partial charge >= 0.3 is 0 Å². The molecule has 0 heterocycles. The number of anilines is 1. The predicted octanol–water partition coefficient (Wildman–Crippen LogP) is 1.70. The average Bonchev–Trinajstić information content (AvgIpc) is 2.31. The molecule has 0 aliphatic heterocycles. The van der Waals surface area contributed by atoms with E-state index in [1.165, 1.54) is 0 Å². The Labute approximate surface area is 110 Å². The predicted molar refractivity (Wildman–Crippen MR) is 72.0 cm³/mol. The Balaban J connectivity index is 2.52. The number of nitrogens with one attached hydrogen (secondary N) is 1. The first-order valence-corrected chi connectivity index (χ1v) is 6.34. The van der Waals surface area contributed by atoms with Crippen LogP contribution in [0, 0.1) is 0 Å². The molecule has 0 spiro atoms. The van der Waals surface area contributed by atoms with E-state index in [0.29, 0.717) is 13.1 Å². The van der Waals surface area contributed by atoms with Crippen molar-refractivity contribution in [1.29, 1.82) is 0 Å². The van der Waals surface area contributed by atoms with Crippen LogP contribution in [0.1, 0.15) is 6.92 Å². The number of hydrogen-bond acceptors (Lipinski definition) is 3. The fourth-order valence-corrected chi connectivity index (χ4v) is 1.83. The van der Waals surface area contributed by atoms with Gasteiger partial charge in [0, 0.05) is 11.0 Å². The molecule has 94 valence electrons. The number of carbonyl (C=O) groups is 1. The molecular weight excluding hydrogens is 284 g/mol. The van der Waals surface area contributed by atoms with Gasteiger partial charge in [0.2, 0.25) is 5.91 Å².